The summed E-state index contributed by atoms with van der Waals surface area (Å²) < 4.78 is 10.7. The first-order chi connectivity index (χ1) is 13.2. The van der Waals surface area contributed by atoms with Crippen LogP contribution < -0.4 is 14.8 Å². The van der Waals surface area contributed by atoms with Crippen molar-refractivity contribution in [1.29, 1.82) is 0 Å². The Labute approximate surface area is 159 Å². The van der Waals surface area contributed by atoms with E-state index in [1.807, 2.05) is 60.7 Å². The SMILES string of the molecule is COc1cccc(CNC(=O)Cc2ccc(-c3ccccc3)cc2)c1OC. The molecule has 0 aliphatic rings. The second kappa shape index (κ2) is 8.90. The summed E-state index contributed by atoms with van der Waals surface area (Å²) in [5, 5.41) is 2.95. The number of rotatable bonds is 7. The van der Waals surface area contributed by atoms with Crippen molar-refractivity contribution >= 4 is 5.91 Å². The highest BCUT2D eigenvalue weighted by molar-refractivity contribution is 5.79. The molecule has 0 atom stereocenters. The molecule has 27 heavy (non-hydrogen) atoms. The number of carbonyl (C=O) groups is 1. The molecule has 138 valence electrons. The normalized spacial score (nSPS) is 10.3. The van der Waals surface area contributed by atoms with Crippen LogP contribution in [-0.2, 0) is 17.8 Å². The molecule has 0 saturated carbocycles. The van der Waals surface area contributed by atoms with Gasteiger partial charge in [-0.2, -0.15) is 0 Å². The van der Waals surface area contributed by atoms with Crippen LogP contribution in [0.15, 0.2) is 72.8 Å². The van der Waals surface area contributed by atoms with Gasteiger partial charge in [0.2, 0.25) is 5.91 Å². The van der Waals surface area contributed by atoms with Gasteiger partial charge in [0.15, 0.2) is 11.5 Å². The molecule has 0 saturated heterocycles. The zero-order valence-corrected chi connectivity index (χ0v) is 15.6. The van der Waals surface area contributed by atoms with E-state index in [9.17, 15) is 4.79 Å². The van der Waals surface area contributed by atoms with Crippen molar-refractivity contribution in [3.8, 4) is 22.6 Å². The number of para-hydroxylation sites is 1. The van der Waals surface area contributed by atoms with Crippen molar-refractivity contribution in [2.75, 3.05) is 14.2 Å². The van der Waals surface area contributed by atoms with Crippen LogP contribution >= 0.6 is 0 Å². The third-order valence-electron chi connectivity index (χ3n) is 4.39. The second-order valence-electron chi connectivity index (χ2n) is 6.17. The van der Waals surface area contributed by atoms with Crippen LogP contribution in [0.5, 0.6) is 11.5 Å². The van der Waals surface area contributed by atoms with Crippen molar-refractivity contribution in [3.63, 3.8) is 0 Å². The number of nitrogens with one attached hydrogen (secondary N) is 1. The highest BCUT2D eigenvalue weighted by Crippen LogP contribution is 2.30. The van der Waals surface area contributed by atoms with Crippen molar-refractivity contribution in [2.45, 2.75) is 13.0 Å². The van der Waals surface area contributed by atoms with Gasteiger partial charge in [-0.15, -0.1) is 0 Å². The maximum atomic E-state index is 12.3. The predicted molar refractivity (Wildman–Crippen MR) is 107 cm³/mol. The smallest absolute Gasteiger partial charge is 0.224 e. The quantitative estimate of drug-likeness (QED) is 0.685. The highest BCUT2D eigenvalue weighted by Gasteiger charge is 2.11. The first kappa shape index (κ1) is 18.5. The van der Waals surface area contributed by atoms with Crippen LogP contribution in [-0.4, -0.2) is 20.1 Å². The van der Waals surface area contributed by atoms with Gasteiger partial charge in [-0.1, -0.05) is 66.7 Å². The average molecular weight is 361 g/mol. The summed E-state index contributed by atoms with van der Waals surface area (Å²) in [6.45, 7) is 0.390. The summed E-state index contributed by atoms with van der Waals surface area (Å²) in [7, 11) is 3.19. The molecule has 3 aromatic carbocycles. The molecule has 0 heterocycles. The van der Waals surface area contributed by atoms with Crippen LogP contribution in [0.2, 0.25) is 0 Å². The van der Waals surface area contributed by atoms with Crippen LogP contribution in [0.4, 0.5) is 0 Å². The van der Waals surface area contributed by atoms with Gasteiger partial charge in [0.25, 0.3) is 0 Å². The van der Waals surface area contributed by atoms with E-state index in [2.05, 4.69) is 17.4 Å². The lowest BCUT2D eigenvalue weighted by Gasteiger charge is -2.13. The molecule has 0 aromatic heterocycles. The summed E-state index contributed by atoms with van der Waals surface area (Å²) >= 11 is 0. The van der Waals surface area contributed by atoms with E-state index in [-0.39, 0.29) is 5.91 Å². The molecule has 4 heteroatoms. The van der Waals surface area contributed by atoms with E-state index in [1.54, 1.807) is 14.2 Å². The first-order valence-electron chi connectivity index (χ1n) is 8.82. The fourth-order valence-corrected chi connectivity index (χ4v) is 2.98. The number of carbonyl (C=O) groups excluding carboxylic acids is 1. The summed E-state index contributed by atoms with van der Waals surface area (Å²) in [6, 6.07) is 23.9. The fourth-order valence-electron chi connectivity index (χ4n) is 2.98. The maximum Gasteiger partial charge on any atom is 0.224 e. The molecule has 0 unspecified atom stereocenters. The third kappa shape index (κ3) is 4.67. The van der Waals surface area contributed by atoms with Gasteiger partial charge in [0.05, 0.1) is 20.6 Å². The minimum Gasteiger partial charge on any atom is -0.493 e. The molecule has 0 aliphatic carbocycles. The van der Waals surface area contributed by atoms with Gasteiger partial charge < -0.3 is 14.8 Å². The minimum atomic E-state index is -0.0349. The zero-order valence-electron chi connectivity index (χ0n) is 15.6. The van der Waals surface area contributed by atoms with Gasteiger partial charge in [0, 0.05) is 12.1 Å². The lowest BCUT2D eigenvalue weighted by molar-refractivity contribution is -0.120. The number of hydrogen-bond acceptors (Lipinski definition) is 3. The molecule has 3 aromatic rings. The number of methoxy groups -OCH3 is 2. The Morgan fingerprint density at radius 2 is 1.52 bits per heavy atom. The molecule has 0 fully saturated rings. The van der Waals surface area contributed by atoms with E-state index in [4.69, 9.17) is 9.47 Å². The van der Waals surface area contributed by atoms with Crippen LogP contribution in [0.3, 0.4) is 0 Å². The molecule has 1 N–H and O–H groups in total. The largest absolute Gasteiger partial charge is 0.493 e. The van der Waals surface area contributed by atoms with Crippen LogP contribution in [0, 0.1) is 0 Å². The Hall–Kier alpha value is -3.27. The monoisotopic (exact) mass is 361 g/mol. The van der Waals surface area contributed by atoms with E-state index in [1.165, 1.54) is 5.56 Å². The van der Waals surface area contributed by atoms with E-state index in [0.717, 1.165) is 16.7 Å². The van der Waals surface area contributed by atoms with Crippen molar-refractivity contribution in [1.82, 2.24) is 5.32 Å². The molecule has 4 nitrogen and oxygen atoms in total. The van der Waals surface area contributed by atoms with Gasteiger partial charge in [-0.25, -0.2) is 0 Å². The maximum absolute atomic E-state index is 12.3. The van der Waals surface area contributed by atoms with E-state index < -0.39 is 0 Å². The van der Waals surface area contributed by atoms with Crippen molar-refractivity contribution < 1.29 is 14.3 Å². The van der Waals surface area contributed by atoms with Gasteiger partial charge >= 0.3 is 0 Å². The molecule has 0 spiro atoms. The van der Waals surface area contributed by atoms with Gasteiger partial charge in [-0.05, 0) is 22.8 Å². The van der Waals surface area contributed by atoms with Crippen LogP contribution in [0.25, 0.3) is 11.1 Å². The molecule has 0 radical (unpaired) electrons. The lowest BCUT2D eigenvalue weighted by atomic mass is 10.0. The van der Waals surface area contributed by atoms with E-state index in [0.29, 0.717) is 24.5 Å². The Morgan fingerprint density at radius 1 is 0.815 bits per heavy atom. The highest BCUT2D eigenvalue weighted by atomic mass is 16.5. The lowest BCUT2D eigenvalue weighted by Crippen LogP contribution is -2.24. The Balaban J connectivity index is 1.60. The summed E-state index contributed by atoms with van der Waals surface area (Å²) in [5.41, 5.74) is 4.16. The first-order valence-corrected chi connectivity index (χ1v) is 8.82. The number of ether oxygens (including phenoxy) is 2. The number of hydrogen-bond donors (Lipinski definition) is 1. The summed E-state index contributed by atoms with van der Waals surface area (Å²) in [4.78, 5) is 12.3. The third-order valence-corrected chi connectivity index (χ3v) is 4.39. The Bertz CT molecular complexity index is 889. The minimum absolute atomic E-state index is 0.0349. The summed E-state index contributed by atoms with van der Waals surface area (Å²) in [6.07, 6.45) is 0.335. The van der Waals surface area contributed by atoms with Crippen molar-refractivity contribution in [3.05, 3.63) is 83.9 Å². The topological polar surface area (TPSA) is 47.6 Å². The Kier molecular flexibility index (Phi) is 6.10. The number of benzene rings is 3. The molecule has 3 rings (SSSR count). The molecule has 0 bridgehead atoms. The van der Waals surface area contributed by atoms with E-state index >= 15 is 0 Å². The predicted octanol–water partition coefficient (Wildman–Crippen LogP) is 4.23. The molecular weight excluding hydrogens is 338 g/mol. The Morgan fingerprint density at radius 3 is 2.19 bits per heavy atom. The number of amides is 1. The molecule has 0 aliphatic heterocycles. The van der Waals surface area contributed by atoms with Gasteiger partial charge in [0.1, 0.15) is 0 Å². The standard InChI is InChI=1S/C23H23NO3/c1-26-21-10-6-9-20(23(21)27-2)16-24-22(25)15-17-11-13-19(14-12-17)18-7-4-3-5-8-18/h3-14H,15-16H2,1-2H3,(H,24,25). The summed E-state index contributed by atoms with van der Waals surface area (Å²) in [5.74, 6) is 1.26. The average Bonchev–Trinajstić information content (AvgIpc) is 2.73. The zero-order chi connectivity index (χ0) is 19.1. The van der Waals surface area contributed by atoms with Crippen LogP contribution in [0.1, 0.15) is 11.1 Å². The molecular formula is C23H23NO3. The second-order valence-corrected chi connectivity index (χ2v) is 6.17. The van der Waals surface area contributed by atoms with Gasteiger partial charge in [-0.3, -0.25) is 4.79 Å². The fraction of sp³-hybridized carbons (Fsp3) is 0.174. The van der Waals surface area contributed by atoms with Crippen molar-refractivity contribution in [2.24, 2.45) is 0 Å². The molecule has 1 amide bonds.